The number of phenolic OH excluding ortho intramolecular Hbond substituents is 1. The molecule has 21 heavy (non-hydrogen) atoms. The van der Waals surface area contributed by atoms with Gasteiger partial charge >= 0.3 is 11.9 Å². The number of esters is 2. The Balaban J connectivity index is 3.45. The van der Waals surface area contributed by atoms with Gasteiger partial charge in [0.15, 0.2) is 0 Å². The minimum absolute atomic E-state index is 0.0638. The molecule has 0 bridgehead atoms. The van der Waals surface area contributed by atoms with Crippen LogP contribution in [0.1, 0.15) is 47.1 Å². The second-order valence-electron chi connectivity index (χ2n) is 4.04. The number of benzene rings is 1. The lowest BCUT2D eigenvalue weighted by molar-refractivity contribution is 0.0478. The van der Waals surface area contributed by atoms with Gasteiger partial charge in [-0.25, -0.2) is 9.59 Å². The number of aromatic hydroxyl groups is 1. The molecule has 0 aliphatic heterocycles. The van der Waals surface area contributed by atoms with Gasteiger partial charge in [-0.1, -0.05) is 5.16 Å². The first-order chi connectivity index (χ1) is 9.96. The molecule has 1 aromatic carbocycles. The van der Waals surface area contributed by atoms with Gasteiger partial charge in [-0.15, -0.1) is 0 Å². The quantitative estimate of drug-likeness (QED) is 0.372. The SMILES string of the molecule is CCOC(=O)c1cc(O)c(/C(C)=N/O)cc1C(=O)OCC. The minimum Gasteiger partial charge on any atom is -0.507 e. The smallest absolute Gasteiger partial charge is 0.339 e. The molecule has 0 saturated carbocycles. The minimum atomic E-state index is -0.749. The van der Waals surface area contributed by atoms with Crippen molar-refractivity contribution in [1.82, 2.24) is 0 Å². The monoisotopic (exact) mass is 295 g/mol. The van der Waals surface area contributed by atoms with E-state index in [1.54, 1.807) is 13.8 Å². The number of hydrogen-bond donors (Lipinski definition) is 2. The lowest BCUT2D eigenvalue weighted by Crippen LogP contribution is -2.15. The fourth-order valence-electron chi connectivity index (χ4n) is 1.69. The summed E-state index contributed by atoms with van der Waals surface area (Å²) in [7, 11) is 0. The molecule has 0 atom stereocenters. The standard InChI is InChI=1S/C14H17NO6/c1-4-20-13(17)10-6-9(8(3)15-19)12(16)7-11(10)14(18)21-5-2/h6-7,16,19H,4-5H2,1-3H3/b15-8+. The third-order valence-electron chi connectivity index (χ3n) is 2.67. The van der Waals surface area contributed by atoms with Gasteiger partial charge in [0, 0.05) is 5.56 Å². The molecular weight excluding hydrogens is 278 g/mol. The zero-order chi connectivity index (χ0) is 16.0. The topological polar surface area (TPSA) is 105 Å². The number of rotatable bonds is 5. The second-order valence-corrected chi connectivity index (χ2v) is 4.04. The summed E-state index contributed by atoms with van der Waals surface area (Å²) in [6.07, 6.45) is 0. The van der Waals surface area contributed by atoms with Crippen LogP contribution in [0.4, 0.5) is 0 Å². The van der Waals surface area contributed by atoms with E-state index in [0.717, 1.165) is 6.07 Å². The number of oxime groups is 1. The van der Waals surface area contributed by atoms with Crippen LogP contribution in [0.25, 0.3) is 0 Å². The van der Waals surface area contributed by atoms with Crippen LogP contribution < -0.4 is 0 Å². The van der Waals surface area contributed by atoms with Gasteiger partial charge in [0.1, 0.15) is 5.75 Å². The number of carbonyl (C=O) groups excluding carboxylic acids is 2. The summed E-state index contributed by atoms with van der Waals surface area (Å²) in [5.41, 5.74) is 0.0375. The zero-order valence-corrected chi connectivity index (χ0v) is 12.0. The highest BCUT2D eigenvalue weighted by atomic mass is 16.5. The zero-order valence-electron chi connectivity index (χ0n) is 12.0. The number of ether oxygens (including phenoxy) is 2. The second kappa shape index (κ2) is 7.28. The van der Waals surface area contributed by atoms with Gasteiger partial charge in [-0.05, 0) is 32.9 Å². The first kappa shape index (κ1) is 16.5. The normalized spacial score (nSPS) is 11.1. The number of hydrogen-bond acceptors (Lipinski definition) is 7. The van der Waals surface area contributed by atoms with E-state index < -0.39 is 11.9 Å². The van der Waals surface area contributed by atoms with Crippen LogP contribution in [-0.2, 0) is 9.47 Å². The van der Waals surface area contributed by atoms with E-state index >= 15 is 0 Å². The molecule has 1 aromatic rings. The van der Waals surface area contributed by atoms with E-state index in [9.17, 15) is 14.7 Å². The van der Waals surface area contributed by atoms with E-state index in [0.29, 0.717) is 0 Å². The first-order valence-corrected chi connectivity index (χ1v) is 6.36. The Bertz CT molecular complexity index is 579. The Labute approximate surface area is 121 Å². The molecule has 0 aliphatic rings. The largest absolute Gasteiger partial charge is 0.507 e. The highest BCUT2D eigenvalue weighted by molar-refractivity contribution is 6.08. The first-order valence-electron chi connectivity index (χ1n) is 6.36. The Morgan fingerprint density at radius 3 is 1.95 bits per heavy atom. The molecule has 1 rings (SSSR count). The van der Waals surface area contributed by atoms with Crippen LogP contribution in [0.5, 0.6) is 5.75 Å². The van der Waals surface area contributed by atoms with Crippen molar-refractivity contribution in [3.05, 3.63) is 28.8 Å². The maximum absolute atomic E-state index is 11.9. The summed E-state index contributed by atoms with van der Waals surface area (Å²) in [6, 6.07) is 2.32. The Kier molecular flexibility index (Phi) is 5.71. The van der Waals surface area contributed by atoms with E-state index in [1.807, 2.05) is 0 Å². The lowest BCUT2D eigenvalue weighted by Gasteiger charge is -2.11. The van der Waals surface area contributed by atoms with Crippen LogP contribution in [-0.4, -0.2) is 41.2 Å². The molecule has 0 saturated heterocycles. The highest BCUT2D eigenvalue weighted by Gasteiger charge is 2.23. The molecule has 114 valence electrons. The summed E-state index contributed by atoms with van der Waals surface area (Å²) < 4.78 is 9.72. The highest BCUT2D eigenvalue weighted by Crippen LogP contribution is 2.25. The van der Waals surface area contributed by atoms with Crippen molar-refractivity contribution < 1.29 is 29.4 Å². The van der Waals surface area contributed by atoms with Crippen molar-refractivity contribution in [3.63, 3.8) is 0 Å². The molecular formula is C14H17NO6. The predicted molar refractivity (Wildman–Crippen MR) is 74.0 cm³/mol. The number of phenols is 1. The molecule has 0 radical (unpaired) electrons. The molecule has 0 unspecified atom stereocenters. The molecule has 2 N–H and O–H groups in total. The molecule has 7 nitrogen and oxygen atoms in total. The molecule has 7 heteroatoms. The number of nitrogens with zero attached hydrogens (tertiary/aromatic N) is 1. The molecule has 0 spiro atoms. The maximum atomic E-state index is 11.9. The van der Waals surface area contributed by atoms with Crippen LogP contribution in [0.2, 0.25) is 0 Å². The third kappa shape index (κ3) is 3.71. The fraction of sp³-hybridized carbons (Fsp3) is 0.357. The van der Waals surface area contributed by atoms with Crippen molar-refractivity contribution in [2.75, 3.05) is 13.2 Å². The van der Waals surface area contributed by atoms with Crippen LogP contribution in [0, 0.1) is 0 Å². The average molecular weight is 295 g/mol. The predicted octanol–water partition coefficient (Wildman–Crippen LogP) is 1.94. The summed E-state index contributed by atoms with van der Waals surface area (Å²) in [4.78, 5) is 23.8. The summed E-state index contributed by atoms with van der Waals surface area (Å²) in [6.45, 7) is 4.95. The van der Waals surface area contributed by atoms with Gasteiger partial charge in [0.2, 0.25) is 0 Å². The third-order valence-corrected chi connectivity index (χ3v) is 2.67. The van der Waals surface area contributed by atoms with Crippen molar-refractivity contribution in [1.29, 1.82) is 0 Å². The summed E-state index contributed by atoms with van der Waals surface area (Å²) >= 11 is 0. The fourth-order valence-corrected chi connectivity index (χ4v) is 1.69. The van der Waals surface area contributed by atoms with Crippen LogP contribution >= 0.6 is 0 Å². The lowest BCUT2D eigenvalue weighted by atomic mass is 10.0. The van der Waals surface area contributed by atoms with Crippen LogP contribution in [0.3, 0.4) is 0 Å². The summed E-state index contributed by atoms with van der Waals surface area (Å²) in [5, 5.41) is 21.6. The van der Waals surface area contributed by atoms with Crippen molar-refractivity contribution in [2.45, 2.75) is 20.8 Å². The van der Waals surface area contributed by atoms with Gasteiger partial charge in [-0.3, -0.25) is 0 Å². The van der Waals surface area contributed by atoms with Crippen LogP contribution in [0.15, 0.2) is 17.3 Å². The average Bonchev–Trinajstić information content (AvgIpc) is 2.46. The van der Waals surface area contributed by atoms with Crippen molar-refractivity contribution in [2.24, 2.45) is 5.16 Å². The van der Waals surface area contributed by atoms with Crippen molar-refractivity contribution in [3.8, 4) is 5.75 Å². The van der Waals surface area contributed by atoms with E-state index in [1.165, 1.54) is 13.0 Å². The Morgan fingerprint density at radius 1 is 1.05 bits per heavy atom. The number of carbonyl (C=O) groups is 2. The van der Waals surface area contributed by atoms with E-state index in [4.69, 9.17) is 14.7 Å². The van der Waals surface area contributed by atoms with Gasteiger partial charge in [-0.2, -0.15) is 0 Å². The van der Waals surface area contributed by atoms with Gasteiger partial charge in [0.25, 0.3) is 0 Å². The maximum Gasteiger partial charge on any atom is 0.339 e. The molecule has 0 aliphatic carbocycles. The van der Waals surface area contributed by atoms with Gasteiger partial charge < -0.3 is 19.8 Å². The molecule has 0 heterocycles. The summed E-state index contributed by atoms with van der Waals surface area (Å²) in [5.74, 6) is -1.78. The molecule has 0 aromatic heterocycles. The molecule has 0 amide bonds. The Hall–Kier alpha value is -2.57. The van der Waals surface area contributed by atoms with E-state index in [-0.39, 0.29) is 41.4 Å². The molecule has 0 fully saturated rings. The van der Waals surface area contributed by atoms with Gasteiger partial charge in [0.05, 0.1) is 30.1 Å². The van der Waals surface area contributed by atoms with E-state index in [2.05, 4.69) is 5.16 Å². The van der Waals surface area contributed by atoms with Crippen molar-refractivity contribution >= 4 is 17.7 Å². The Morgan fingerprint density at radius 2 is 1.52 bits per heavy atom.